The van der Waals surface area contributed by atoms with E-state index in [-0.39, 0.29) is 0 Å². The Morgan fingerprint density at radius 1 is 0.538 bits per heavy atom. The molecule has 0 amide bonds. The van der Waals surface area contributed by atoms with Crippen LogP contribution in [0.2, 0.25) is 0 Å². The van der Waals surface area contributed by atoms with E-state index in [1.165, 1.54) is 91.6 Å². The second kappa shape index (κ2) is 11.9. The van der Waals surface area contributed by atoms with E-state index >= 15 is 0 Å². The van der Waals surface area contributed by atoms with Crippen LogP contribution in [0.1, 0.15) is 37.5 Å². The summed E-state index contributed by atoms with van der Waals surface area (Å²) in [6, 6.07) is 35.8. The lowest BCUT2D eigenvalue weighted by Gasteiger charge is -2.22. The van der Waals surface area contributed by atoms with Gasteiger partial charge in [0.2, 0.25) is 0 Å². The van der Waals surface area contributed by atoms with Crippen LogP contribution in [0.25, 0.3) is 106 Å². The van der Waals surface area contributed by atoms with Gasteiger partial charge >= 0.3 is 0 Å². The molecule has 52 heavy (non-hydrogen) atoms. The van der Waals surface area contributed by atoms with Crippen LogP contribution in [0.15, 0.2) is 106 Å². The van der Waals surface area contributed by atoms with Gasteiger partial charge in [-0.3, -0.25) is 0 Å². The summed E-state index contributed by atoms with van der Waals surface area (Å²) in [6.07, 6.45) is 5.12. The normalized spacial score (nSPS) is 12.4. The number of thiophene rings is 4. The number of aryl methyl sites for hydroxylation is 1. The molecule has 0 aliphatic carbocycles. The fraction of sp³-hybridized carbons (Fsp3) is 0.156. The van der Waals surface area contributed by atoms with Crippen molar-refractivity contribution in [3.63, 3.8) is 0 Å². The Balaban J connectivity index is 1.00. The highest BCUT2D eigenvalue weighted by molar-refractivity contribution is 7.31. The van der Waals surface area contributed by atoms with Crippen molar-refractivity contribution in [1.82, 2.24) is 0 Å². The van der Waals surface area contributed by atoms with Crippen LogP contribution in [0.5, 0.6) is 0 Å². The second-order valence-corrected chi connectivity index (χ2v) is 18.4. The minimum atomic E-state index is 0.879. The largest absolute Gasteiger partial charge is 0.456 e. The first-order chi connectivity index (χ1) is 25.6. The summed E-state index contributed by atoms with van der Waals surface area (Å²) in [4.78, 5) is 3.91. The molecule has 1 N–H and O–H groups in total. The molecule has 0 saturated heterocycles. The van der Waals surface area contributed by atoms with Crippen LogP contribution in [0, 0.1) is 6.92 Å². The van der Waals surface area contributed by atoms with E-state index in [4.69, 9.17) is 8.83 Å². The van der Waals surface area contributed by atoms with Crippen molar-refractivity contribution in [3.05, 3.63) is 102 Å². The van der Waals surface area contributed by atoms with Crippen molar-refractivity contribution >= 4 is 113 Å². The first kappa shape index (κ1) is 30.9. The second-order valence-electron chi connectivity index (χ2n) is 13.9. The van der Waals surface area contributed by atoms with Crippen molar-refractivity contribution < 1.29 is 8.83 Å². The van der Waals surface area contributed by atoms with E-state index in [1.54, 1.807) is 0 Å². The maximum absolute atomic E-state index is 6.87. The molecule has 9 aromatic rings. The molecule has 0 bridgehead atoms. The Kier molecular flexibility index (Phi) is 7.10. The van der Waals surface area contributed by atoms with E-state index in [0.717, 1.165) is 56.3 Å². The summed E-state index contributed by atoms with van der Waals surface area (Å²) in [7, 11) is 0. The quantitative estimate of drug-likeness (QED) is 0.0908. The average molecular weight is 748 g/mol. The van der Waals surface area contributed by atoms with Crippen molar-refractivity contribution in [1.29, 1.82) is 0 Å². The molecule has 0 radical (unpaired) electrons. The van der Waals surface area contributed by atoms with Gasteiger partial charge in [-0.2, -0.15) is 0 Å². The van der Waals surface area contributed by atoms with Crippen LogP contribution in [0.3, 0.4) is 0 Å². The fourth-order valence-electron chi connectivity index (χ4n) is 8.07. The molecular weight excluding hydrogens is 715 g/mol. The predicted octanol–water partition coefficient (Wildman–Crippen LogP) is 15.9. The number of fused-ring (bicyclic) bond motifs is 2. The summed E-state index contributed by atoms with van der Waals surface area (Å²) >= 11 is 7.46. The summed E-state index contributed by atoms with van der Waals surface area (Å²) < 4.78 is 19.1. The summed E-state index contributed by atoms with van der Waals surface area (Å²) in [5.74, 6) is 0. The van der Waals surface area contributed by atoms with Crippen LogP contribution in [-0.2, 0) is 0 Å². The fourth-order valence-corrected chi connectivity index (χ4v) is 12.7. The van der Waals surface area contributed by atoms with E-state index in [1.807, 2.05) is 45.3 Å². The van der Waals surface area contributed by atoms with Gasteiger partial charge in [0.25, 0.3) is 0 Å². The molecule has 0 atom stereocenters. The SMILES string of the molecule is CCCCCCNc1cc2sc(-c3ccc(-c4cc5oc6cccc7c(-c8cc9sc(C)cc9s8)cc8oc9cccc4c9c5-c8c67)cc3)cc2s1. The van der Waals surface area contributed by atoms with Gasteiger partial charge in [-0.25, -0.2) is 0 Å². The Morgan fingerprint density at radius 2 is 1.15 bits per heavy atom. The molecular formula is C45H33NO2S4. The number of nitrogens with one attached hydrogen (secondary N) is 1. The third-order valence-corrected chi connectivity index (χ3v) is 15.0. The molecule has 6 heterocycles. The number of rotatable bonds is 9. The van der Waals surface area contributed by atoms with Crippen molar-refractivity contribution in [2.75, 3.05) is 11.9 Å². The maximum atomic E-state index is 6.87. The number of hydrogen-bond acceptors (Lipinski definition) is 7. The molecule has 254 valence electrons. The minimum absolute atomic E-state index is 0.879. The monoisotopic (exact) mass is 747 g/mol. The number of hydrogen-bond donors (Lipinski definition) is 1. The van der Waals surface area contributed by atoms with Crippen LogP contribution in [-0.4, -0.2) is 6.54 Å². The van der Waals surface area contributed by atoms with Gasteiger partial charge in [-0.15, -0.1) is 45.3 Å². The summed E-state index contributed by atoms with van der Waals surface area (Å²) in [5, 5.41) is 9.55. The van der Waals surface area contributed by atoms with Gasteiger partial charge in [-0.1, -0.05) is 74.7 Å². The first-order valence-electron chi connectivity index (χ1n) is 18.0. The van der Waals surface area contributed by atoms with E-state index < -0.39 is 0 Å². The third-order valence-electron chi connectivity index (χ3n) is 10.5. The van der Waals surface area contributed by atoms with E-state index in [2.05, 4.69) is 116 Å². The van der Waals surface area contributed by atoms with Gasteiger partial charge in [-0.05, 0) is 89.3 Å². The highest BCUT2D eigenvalue weighted by atomic mass is 32.1. The van der Waals surface area contributed by atoms with Crippen LogP contribution >= 0.6 is 45.3 Å². The lowest BCUT2D eigenvalue weighted by atomic mass is 9.86. The smallest absolute Gasteiger partial charge is 0.136 e. The molecule has 2 aliphatic heterocycles. The topological polar surface area (TPSA) is 38.3 Å². The van der Waals surface area contributed by atoms with Crippen LogP contribution < -0.4 is 5.32 Å². The zero-order valence-electron chi connectivity index (χ0n) is 28.7. The van der Waals surface area contributed by atoms with E-state index in [9.17, 15) is 0 Å². The molecule has 5 aromatic carbocycles. The molecule has 7 heteroatoms. The molecule has 0 saturated carbocycles. The van der Waals surface area contributed by atoms with Crippen molar-refractivity contribution in [3.8, 4) is 43.1 Å². The molecule has 4 aromatic heterocycles. The van der Waals surface area contributed by atoms with Gasteiger partial charge < -0.3 is 14.2 Å². The van der Waals surface area contributed by atoms with Crippen LogP contribution in [0.4, 0.5) is 5.00 Å². The van der Waals surface area contributed by atoms with Crippen molar-refractivity contribution in [2.45, 2.75) is 39.5 Å². The Morgan fingerprint density at radius 3 is 1.87 bits per heavy atom. The Labute approximate surface area is 316 Å². The summed E-state index contributed by atoms with van der Waals surface area (Å²) in [5.41, 5.74) is 10.6. The van der Waals surface area contributed by atoms with Crippen molar-refractivity contribution in [2.24, 2.45) is 0 Å². The number of benzene rings is 5. The molecule has 2 aliphatic rings. The minimum Gasteiger partial charge on any atom is -0.456 e. The maximum Gasteiger partial charge on any atom is 0.136 e. The van der Waals surface area contributed by atoms with E-state index in [0.29, 0.717) is 0 Å². The lowest BCUT2D eigenvalue weighted by Crippen LogP contribution is -1.98. The molecule has 3 nitrogen and oxygen atoms in total. The standard InChI is InChI=1S/C45H33NO2S4/c1-3-4-5-6-17-46-41-23-40-39(52-41)21-35(50-40)26-15-13-25(14-16-26)29-19-33-44-42-27(29)9-7-11-31(42)48-34-20-30(36-22-38-37(51-36)18-24(2)49-38)28-10-8-12-32(47-33)43(28)45(34)44/h7-16,18-23,46H,3-6,17H2,1-2H3. The predicted molar refractivity (Wildman–Crippen MR) is 229 cm³/mol. The Bertz CT molecular complexity index is 2990. The zero-order valence-corrected chi connectivity index (χ0v) is 32.0. The first-order valence-corrected chi connectivity index (χ1v) is 21.3. The molecule has 0 unspecified atom stereocenters. The van der Waals surface area contributed by atoms with Gasteiger partial charge in [0.15, 0.2) is 0 Å². The van der Waals surface area contributed by atoms with Gasteiger partial charge in [0, 0.05) is 67.4 Å². The Hall–Kier alpha value is -4.66. The van der Waals surface area contributed by atoms with Gasteiger partial charge in [0.1, 0.15) is 22.3 Å². The summed E-state index contributed by atoms with van der Waals surface area (Å²) in [6.45, 7) is 5.50. The number of unbranched alkanes of at least 4 members (excludes halogenated alkanes) is 3. The zero-order chi connectivity index (χ0) is 34.5. The molecule has 11 rings (SSSR count). The molecule has 0 fully saturated rings. The van der Waals surface area contributed by atoms with Gasteiger partial charge in [0.05, 0.1) is 5.00 Å². The highest BCUT2D eigenvalue weighted by Gasteiger charge is 2.28. The number of anilines is 1. The lowest BCUT2D eigenvalue weighted by molar-refractivity contribution is 0.646. The average Bonchev–Trinajstić information content (AvgIpc) is 3.92. The molecule has 0 spiro atoms. The highest BCUT2D eigenvalue weighted by Crippen LogP contribution is 2.53. The third kappa shape index (κ3) is 4.80.